The second-order valence-corrected chi connectivity index (χ2v) is 5.11. The van der Waals surface area contributed by atoms with Crippen molar-refractivity contribution in [1.82, 2.24) is 15.2 Å². The predicted molar refractivity (Wildman–Crippen MR) is 68.7 cm³/mol. The Morgan fingerprint density at radius 3 is 2.45 bits per heavy atom. The minimum Gasteiger partial charge on any atom is -0.419 e. The fraction of sp³-hybridized carbons (Fsp3) is 0.364. The van der Waals surface area contributed by atoms with Crippen LogP contribution in [0.1, 0.15) is 31.2 Å². The predicted octanol–water partition coefficient (Wildman–Crippen LogP) is 3.62. The molecule has 0 aliphatic carbocycles. The molecule has 0 aromatic carbocycles. The van der Waals surface area contributed by atoms with Crippen molar-refractivity contribution in [2.75, 3.05) is 5.73 Å². The highest BCUT2D eigenvalue weighted by Crippen LogP contribution is 2.37. The first-order chi connectivity index (χ1) is 9.20. The van der Waals surface area contributed by atoms with Gasteiger partial charge in [-0.3, -0.25) is 0 Å². The van der Waals surface area contributed by atoms with Crippen LogP contribution in [0.3, 0.4) is 0 Å². The number of halogens is 4. The number of pyridine rings is 1. The summed E-state index contributed by atoms with van der Waals surface area (Å²) in [6, 6.07) is 0.783. The molecule has 0 unspecified atom stereocenters. The summed E-state index contributed by atoms with van der Waals surface area (Å²) in [5.74, 6) is 0.341. The quantitative estimate of drug-likeness (QED) is 0.837. The van der Waals surface area contributed by atoms with Crippen molar-refractivity contribution in [1.29, 1.82) is 0 Å². The molecular formula is C11H10BrF3N4O. The smallest absolute Gasteiger partial charge is 0.419 e. The molecule has 0 bridgehead atoms. The Balaban J connectivity index is 2.50. The number of alkyl halides is 3. The molecule has 0 saturated carbocycles. The monoisotopic (exact) mass is 350 g/mol. The maximum Gasteiger partial charge on any atom is 0.419 e. The summed E-state index contributed by atoms with van der Waals surface area (Å²) < 4.78 is 43.0. The molecule has 0 fully saturated rings. The molecule has 0 amide bonds. The summed E-state index contributed by atoms with van der Waals surface area (Å²) in [5.41, 5.74) is 4.47. The molecule has 2 N–H and O–H groups in total. The number of rotatable bonds is 2. The molecule has 9 heteroatoms. The summed E-state index contributed by atoms with van der Waals surface area (Å²) >= 11 is 2.77. The van der Waals surface area contributed by atoms with E-state index in [0.717, 1.165) is 6.07 Å². The normalized spacial score (nSPS) is 12.2. The van der Waals surface area contributed by atoms with Gasteiger partial charge in [0.2, 0.25) is 5.89 Å². The van der Waals surface area contributed by atoms with Gasteiger partial charge < -0.3 is 10.2 Å². The zero-order valence-corrected chi connectivity index (χ0v) is 12.1. The summed E-state index contributed by atoms with van der Waals surface area (Å²) in [6.07, 6.45) is -4.55. The van der Waals surface area contributed by atoms with Gasteiger partial charge in [-0.05, 0) is 22.0 Å². The Hall–Kier alpha value is -1.64. The van der Waals surface area contributed by atoms with Crippen molar-refractivity contribution in [3.05, 3.63) is 22.1 Å². The molecular weight excluding hydrogens is 341 g/mol. The highest BCUT2D eigenvalue weighted by molar-refractivity contribution is 9.10. The highest BCUT2D eigenvalue weighted by Gasteiger charge is 2.35. The van der Waals surface area contributed by atoms with Crippen LogP contribution in [0, 0.1) is 0 Å². The maximum absolute atomic E-state index is 12.7. The van der Waals surface area contributed by atoms with E-state index in [1.54, 1.807) is 0 Å². The Bertz CT molecular complexity index is 639. The van der Waals surface area contributed by atoms with Gasteiger partial charge in [-0.25, -0.2) is 4.98 Å². The van der Waals surface area contributed by atoms with Gasteiger partial charge in [0, 0.05) is 5.92 Å². The van der Waals surface area contributed by atoms with Crippen LogP contribution in [-0.4, -0.2) is 15.2 Å². The molecule has 2 aromatic heterocycles. The lowest BCUT2D eigenvalue weighted by Gasteiger charge is -2.10. The third-order valence-corrected chi connectivity index (χ3v) is 3.05. The number of aromatic nitrogens is 3. The van der Waals surface area contributed by atoms with Crippen LogP contribution < -0.4 is 5.73 Å². The summed E-state index contributed by atoms with van der Waals surface area (Å²) in [5, 5.41) is 7.52. The molecule has 2 aromatic rings. The largest absolute Gasteiger partial charge is 0.419 e. The van der Waals surface area contributed by atoms with Gasteiger partial charge >= 0.3 is 6.18 Å². The number of nitrogens with zero attached hydrogens (tertiary/aromatic N) is 3. The second kappa shape index (κ2) is 5.04. The van der Waals surface area contributed by atoms with E-state index in [1.165, 1.54) is 0 Å². The highest BCUT2D eigenvalue weighted by atomic mass is 79.9. The maximum atomic E-state index is 12.7. The summed E-state index contributed by atoms with van der Waals surface area (Å²) in [7, 11) is 0. The number of anilines is 1. The van der Waals surface area contributed by atoms with Gasteiger partial charge in [0.15, 0.2) is 5.69 Å². The zero-order chi connectivity index (χ0) is 15.1. The zero-order valence-electron chi connectivity index (χ0n) is 10.5. The van der Waals surface area contributed by atoms with Crippen LogP contribution in [0.15, 0.2) is 15.1 Å². The van der Waals surface area contributed by atoms with Crippen molar-refractivity contribution < 1.29 is 17.6 Å². The van der Waals surface area contributed by atoms with Crippen molar-refractivity contribution in [2.24, 2.45) is 0 Å². The second-order valence-electron chi connectivity index (χ2n) is 4.36. The molecule has 0 spiro atoms. The van der Waals surface area contributed by atoms with Crippen LogP contribution in [-0.2, 0) is 6.18 Å². The fourth-order valence-electron chi connectivity index (χ4n) is 1.44. The summed E-state index contributed by atoms with van der Waals surface area (Å²) in [6.45, 7) is 3.69. The Labute approximate surface area is 120 Å². The Morgan fingerprint density at radius 2 is 1.95 bits per heavy atom. The van der Waals surface area contributed by atoms with E-state index in [0.29, 0.717) is 5.89 Å². The molecule has 0 aliphatic heterocycles. The number of hydrogen-bond acceptors (Lipinski definition) is 5. The Morgan fingerprint density at radius 1 is 1.30 bits per heavy atom. The topological polar surface area (TPSA) is 77.8 Å². The van der Waals surface area contributed by atoms with E-state index in [9.17, 15) is 13.2 Å². The van der Waals surface area contributed by atoms with E-state index in [1.807, 2.05) is 13.8 Å². The standard InChI is InChI=1S/C11H10BrF3N4O/c1-4(2)9-18-19-10(20-9)7-6(16)3-5(8(12)17-7)11(13,14)15/h3-4H,16H2,1-2H3. The molecule has 0 saturated heterocycles. The van der Waals surface area contributed by atoms with Crippen LogP contribution in [0.5, 0.6) is 0 Å². The van der Waals surface area contributed by atoms with E-state index in [4.69, 9.17) is 10.2 Å². The van der Waals surface area contributed by atoms with Gasteiger partial charge in [-0.2, -0.15) is 13.2 Å². The minimum absolute atomic E-state index is 0.00429. The Kier molecular flexibility index (Phi) is 3.72. The van der Waals surface area contributed by atoms with Crippen LogP contribution in [0.4, 0.5) is 18.9 Å². The molecule has 2 heterocycles. The molecule has 0 radical (unpaired) electrons. The van der Waals surface area contributed by atoms with Gasteiger partial charge in [0.25, 0.3) is 5.89 Å². The van der Waals surface area contributed by atoms with E-state index in [-0.39, 0.29) is 27.8 Å². The number of nitrogens with two attached hydrogens (primary N) is 1. The van der Waals surface area contributed by atoms with Crippen LogP contribution in [0.25, 0.3) is 11.6 Å². The molecule has 0 atom stereocenters. The number of hydrogen-bond donors (Lipinski definition) is 1. The van der Waals surface area contributed by atoms with Crippen molar-refractivity contribution >= 4 is 21.6 Å². The molecule has 20 heavy (non-hydrogen) atoms. The SMILES string of the molecule is CC(C)c1nnc(-c2nc(Br)c(C(F)(F)F)cc2N)o1. The van der Waals surface area contributed by atoms with E-state index >= 15 is 0 Å². The first-order valence-corrected chi connectivity index (χ1v) is 6.36. The fourth-order valence-corrected chi connectivity index (χ4v) is 1.96. The van der Waals surface area contributed by atoms with Crippen molar-refractivity contribution in [3.8, 4) is 11.6 Å². The lowest BCUT2D eigenvalue weighted by molar-refractivity contribution is -0.138. The minimum atomic E-state index is -4.55. The lowest BCUT2D eigenvalue weighted by atomic mass is 10.2. The van der Waals surface area contributed by atoms with E-state index in [2.05, 4.69) is 31.1 Å². The van der Waals surface area contributed by atoms with Crippen LogP contribution in [0.2, 0.25) is 0 Å². The first-order valence-electron chi connectivity index (χ1n) is 5.57. The third-order valence-electron chi connectivity index (χ3n) is 2.45. The van der Waals surface area contributed by atoms with Gasteiger partial charge in [-0.15, -0.1) is 10.2 Å². The van der Waals surface area contributed by atoms with Gasteiger partial charge in [0.05, 0.1) is 11.3 Å². The van der Waals surface area contributed by atoms with Gasteiger partial charge in [-0.1, -0.05) is 13.8 Å². The van der Waals surface area contributed by atoms with Gasteiger partial charge in [0.1, 0.15) is 4.60 Å². The average molecular weight is 351 g/mol. The summed E-state index contributed by atoms with van der Waals surface area (Å²) in [4.78, 5) is 3.76. The average Bonchev–Trinajstić information content (AvgIpc) is 2.79. The van der Waals surface area contributed by atoms with Crippen LogP contribution >= 0.6 is 15.9 Å². The number of nitrogen functional groups attached to an aromatic ring is 1. The van der Waals surface area contributed by atoms with Crippen molar-refractivity contribution in [2.45, 2.75) is 25.9 Å². The lowest BCUT2D eigenvalue weighted by Crippen LogP contribution is -2.09. The first kappa shape index (κ1) is 14.8. The van der Waals surface area contributed by atoms with E-state index < -0.39 is 11.7 Å². The molecule has 0 aliphatic rings. The third kappa shape index (κ3) is 2.77. The molecule has 2 rings (SSSR count). The molecule has 108 valence electrons. The van der Waals surface area contributed by atoms with Crippen molar-refractivity contribution in [3.63, 3.8) is 0 Å². The molecule has 5 nitrogen and oxygen atoms in total.